The van der Waals surface area contributed by atoms with Gasteiger partial charge in [-0.15, -0.1) is 0 Å². The largest absolute Gasteiger partial charge is 0.504 e. The summed E-state index contributed by atoms with van der Waals surface area (Å²) in [5.41, 5.74) is 0.826. The lowest BCUT2D eigenvalue weighted by Gasteiger charge is -2.23. The van der Waals surface area contributed by atoms with Gasteiger partial charge in [0.1, 0.15) is 6.04 Å². The molecule has 3 unspecified atom stereocenters. The molecular weight excluding hydrogens is 286 g/mol. The lowest BCUT2D eigenvalue weighted by molar-refractivity contribution is -0.141. The first kappa shape index (κ1) is 18.0. The van der Waals surface area contributed by atoms with Crippen molar-refractivity contribution in [2.75, 3.05) is 13.7 Å². The fourth-order valence-electron chi connectivity index (χ4n) is 1.96. The molecule has 0 heterocycles. The van der Waals surface area contributed by atoms with Crippen LogP contribution in [0.1, 0.15) is 19.4 Å². The number of methoxy groups -OCH3 is 1. The normalized spacial score (nSPS) is 15.5. The molecule has 0 aliphatic rings. The minimum atomic E-state index is -0.992. The molecule has 3 atom stereocenters. The van der Waals surface area contributed by atoms with Gasteiger partial charge < -0.3 is 25.4 Å². The molecule has 1 aromatic carbocycles. The van der Waals surface area contributed by atoms with Crippen LogP contribution in [0.25, 0.3) is 6.08 Å². The van der Waals surface area contributed by atoms with E-state index in [-0.39, 0.29) is 5.75 Å². The van der Waals surface area contributed by atoms with Crippen LogP contribution in [-0.2, 0) is 4.79 Å². The average Bonchev–Trinajstić information content (AvgIpc) is 2.47. The summed E-state index contributed by atoms with van der Waals surface area (Å²) in [6.45, 7) is 3.60. The first-order valence-corrected chi connectivity index (χ1v) is 7.04. The zero-order valence-electron chi connectivity index (χ0n) is 13.0. The molecule has 0 aliphatic carbocycles. The Morgan fingerprint density at radius 1 is 1.41 bits per heavy atom. The molecule has 4 N–H and O–H groups in total. The minimum Gasteiger partial charge on any atom is -0.504 e. The zero-order chi connectivity index (χ0) is 16.7. The molecule has 6 heteroatoms. The second kappa shape index (κ2) is 8.41. The van der Waals surface area contributed by atoms with Crippen LogP contribution in [0.4, 0.5) is 0 Å². The molecular formula is C16H23NO5. The van der Waals surface area contributed by atoms with E-state index in [1.807, 2.05) is 0 Å². The van der Waals surface area contributed by atoms with Crippen molar-refractivity contribution in [2.24, 2.45) is 5.92 Å². The number of aromatic hydroxyl groups is 1. The van der Waals surface area contributed by atoms with Crippen molar-refractivity contribution in [1.82, 2.24) is 5.32 Å². The van der Waals surface area contributed by atoms with Crippen molar-refractivity contribution in [2.45, 2.75) is 26.0 Å². The van der Waals surface area contributed by atoms with Crippen LogP contribution in [0.15, 0.2) is 24.3 Å². The number of hydrogen-bond acceptors (Lipinski definition) is 5. The van der Waals surface area contributed by atoms with Gasteiger partial charge >= 0.3 is 5.97 Å². The molecule has 0 bridgehead atoms. The number of rotatable bonds is 8. The van der Waals surface area contributed by atoms with E-state index in [1.165, 1.54) is 13.2 Å². The van der Waals surface area contributed by atoms with E-state index in [0.717, 1.165) is 5.56 Å². The van der Waals surface area contributed by atoms with Gasteiger partial charge in [-0.05, 0) is 24.6 Å². The number of carbonyl (C=O) groups is 1. The van der Waals surface area contributed by atoms with E-state index < -0.39 is 24.0 Å². The number of nitrogens with one attached hydrogen (secondary N) is 1. The van der Waals surface area contributed by atoms with Crippen molar-refractivity contribution < 1.29 is 24.9 Å². The van der Waals surface area contributed by atoms with Crippen LogP contribution in [0.2, 0.25) is 0 Å². The molecule has 0 fully saturated rings. The van der Waals surface area contributed by atoms with Crippen LogP contribution in [0, 0.1) is 5.92 Å². The van der Waals surface area contributed by atoms with Gasteiger partial charge in [0.05, 0.1) is 13.2 Å². The topological polar surface area (TPSA) is 99.0 Å². The molecule has 0 spiro atoms. The van der Waals surface area contributed by atoms with Crippen LogP contribution in [-0.4, -0.2) is 47.1 Å². The number of carboxylic acid groups (broad SMARTS) is 1. The molecule has 0 saturated carbocycles. The van der Waals surface area contributed by atoms with Gasteiger partial charge in [0, 0.05) is 12.5 Å². The average molecular weight is 309 g/mol. The summed E-state index contributed by atoms with van der Waals surface area (Å²) >= 11 is 0. The summed E-state index contributed by atoms with van der Waals surface area (Å²) in [5.74, 6) is -0.955. The highest BCUT2D eigenvalue weighted by atomic mass is 16.5. The predicted molar refractivity (Wildman–Crippen MR) is 84.0 cm³/mol. The standard InChI is InChI=1S/C16H23NO5/c1-10(11(2)18)15(16(20)21)17-8-4-5-12-6-7-13(19)14(9-12)22-3/h4-7,9-11,15,17-19H,8H2,1-3H3,(H,20,21). The van der Waals surface area contributed by atoms with E-state index in [2.05, 4.69) is 5.32 Å². The summed E-state index contributed by atoms with van der Waals surface area (Å²) in [6, 6.07) is 4.11. The molecule has 1 aromatic rings. The summed E-state index contributed by atoms with van der Waals surface area (Å²) in [5, 5.41) is 31.1. The van der Waals surface area contributed by atoms with E-state index in [4.69, 9.17) is 9.84 Å². The van der Waals surface area contributed by atoms with Gasteiger partial charge in [-0.25, -0.2) is 0 Å². The number of carboxylic acids is 1. The Bertz CT molecular complexity index is 527. The van der Waals surface area contributed by atoms with Crippen LogP contribution < -0.4 is 10.1 Å². The molecule has 0 aromatic heterocycles. The van der Waals surface area contributed by atoms with Gasteiger partial charge in [0.2, 0.25) is 0 Å². The zero-order valence-corrected chi connectivity index (χ0v) is 13.0. The first-order valence-electron chi connectivity index (χ1n) is 7.04. The smallest absolute Gasteiger partial charge is 0.321 e. The van der Waals surface area contributed by atoms with Crippen molar-refractivity contribution in [3.8, 4) is 11.5 Å². The Morgan fingerprint density at radius 2 is 2.09 bits per heavy atom. The SMILES string of the molecule is COc1cc(C=CCNC(C(=O)O)C(C)C(C)O)ccc1O. The molecule has 122 valence electrons. The van der Waals surface area contributed by atoms with Crippen molar-refractivity contribution in [3.05, 3.63) is 29.8 Å². The fraction of sp³-hybridized carbons (Fsp3) is 0.438. The van der Waals surface area contributed by atoms with Crippen LogP contribution in [0.5, 0.6) is 11.5 Å². The van der Waals surface area contributed by atoms with E-state index in [9.17, 15) is 15.0 Å². The Hall–Kier alpha value is -2.05. The quantitative estimate of drug-likeness (QED) is 0.580. The summed E-state index contributed by atoms with van der Waals surface area (Å²) in [6.07, 6.45) is 2.86. The van der Waals surface area contributed by atoms with Crippen molar-refractivity contribution in [3.63, 3.8) is 0 Å². The molecule has 6 nitrogen and oxygen atoms in total. The molecule has 0 saturated heterocycles. The summed E-state index contributed by atoms with van der Waals surface area (Å²) in [4.78, 5) is 11.2. The number of aliphatic hydroxyl groups excluding tert-OH is 1. The van der Waals surface area contributed by atoms with Gasteiger partial charge in [0.25, 0.3) is 0 Å². The maximum Gasteiger partial charge on any atom is 0.321 e. The maximum atomic E-state index is 11.2. The van der Waals surface area contributed by atoms with E-state index in [0.29, 0.717) is 12.3 Å². The summed E-state index contributed by atoms with van der Waals surface area (Å²) in [7, 11) is 1.47. The molecule has 0 radical (unpaired) electrons. The molecule has 0 amide bonds. The third kappa shape index (κ3) is 5.05. The number of ether oxygens (including phenoxy) is 1. The maximum absolute atomic E-state index is 11.2. The lowest BCUT2D eigenvalue weighted by atomic mass is 9.97. The number of aliphatic hydroxyl groups is 1. The molecule has 22 heavy (non-hydrogen) atoms. The van der Waals surface area contributed by atoms with Crippen LogP contribution in [0.3, 0.4) is 0 Å². The number of aliphatic carboxylic acids is 1. The number of phenols is 1. The monoisotopic (exact) mass is 309 g/mol. The van der Waals surface area contributed by atoms with Crippen molar-refractivity contribution >= 4 is 12.0 Å². The second-order valence-electron chi connectivity index (χ2n) is 5.16. The van der Waals surface area contributed by atoms with Crippen molar-refractivity contribution in [1.29, 1.82) is 0 Å². The molecule has 1 rings (SSSR count). The fourth-order valence-corrected chi connectivity index (χ4v) is 1.96. The van der Waals surface area contributed by atoms with Crippen LogP contribution >= 0.6 is 0 Å². The highest BCUT2D eigenvalue weighted by molar-refractivity contribution is 5.74. The Kier molecular flexibility index (Phi) is 6.88. The highest BCUT2D eigenvalue weighted by Gasteiger charge is 2.26. The number of benzene rings is 1. The highest BCUT2D eigenvalue weighted by Crippen LogP contribution is 2.26. The van der Waals surface area contributed by atoms with Gasteiger partial charge in [-0.2, -0.15) is 0 Å². The van der Waals surface area contributed by atoms with Gasteiger partial charge in [-0.1, -0.05) is 25.1 Å². The predicted octanol–water partition coefficient (Wildman–Crippen LogP) is 1.47. The van der Waals surface area contributed by atoms with Gasteiger partial charge in [-0.3, -0.25) is 4.79 Å². The van der Waals surface area contributed by atoms with E-state index in [1.54, 1.807) is 38.1 Å². The Morgan fingerprint density at radius 3 is 2.64 bits per heavy atom. The first-order chi connectivity index (χ1) is 10.4. The molecule has 0 aliphatic heterocycles. The Labute approximate surface area is 130 Å². The van der Waals surface area contributed by atoms with Gasteiger partial charge in [0.15, 0.2) is 11.5 Å². The lowest BCUT2D eigenvalue weighted by Crippen LogP contribution is -2.45. The number of hydrogen-bond donors (Lipinski definition) is 4. The number of phenolic OH excluding ortho intramolecular Hbond substituents is 1. The third-order valence-corrected chi connectivity index (χ3v) is 3.52. The minimum absolute atomic E-state index is 0.0643. The third-order valence-electron chi connectivity index (χ3n) is 3.52. The Balaban J connectivity index is 2.63. The summed E-state index contributed by atoms with van der Waals surface area (Å²) < 4.78 is 5.01. The second-order valence-corrected chi connectivity index (χ2v) is 5.16. The van der Waals surface area contributed by atoms with E-state index >= 15 is 0 Å².